The summed E-state index contributed by atoms with van der Waals surface area (Å²) in [6.07, 6.45) is 4.04. The Bertz CT molecular complexity index is 861. The molecule has 2 heteroatoms. The van der Waals surface area contributed by atoms with Gasteiger partial charge in [0.2, 0.25) is 0 Å². The maximum absolute atomic E-state index is 12.2. The van der Waals surface area contributed by atoms with E-state index in [4.69, 9.17) is 4.74 Å². The molecule has 1 saturated carbocycles. The average Bonchev–Trinajstić information content (AvgIpc) is 2.76. The molecule has 3 aromatic rings. The minimum absolute atomic E-state index is 0.0394. The number of esters is 1. The van der Waals surface area contributed by atoms with Gasteiger partial charge in [0.05, 0.1) is 5.56 Å². The maximum atomic E-state index is 12.2. The summed E-state index contributed by atoms with van der Waals surface area (Å²) < 4.78 is 5.70. The zero-order valence-corrected chi connectivity index (χ0v) is 15.4. The molecule has 0 saturated heterocycles. The quantitative estimate of drug-likeness (QED) is 0.517. The van der Waals surface area contributed by atoms with E-state index in [2.05, 4.69) is 48.5 Å². The minimum atomic E-state index is -0.203. The molecule has 0 aliphatic heterocycles. The third-order valence-corrected chi connectivity index (χ3v) is 5.45. The lowest BCUT2D eigenvalue weighted by atomic mass is 9.82. The lowest BCUT2D eigenvalue weighted by Crippen LogP contribution is -2.23. The van der Waals surface area contributed by atoms with Gasteiger partial charge in [0.1, 0.15) is 6.10 Å². The molecule has 0 amide bonds. The highest BCUT2D eigenvalue weighted by atomic mass is 16.5. The molecule has 27 heavy (non-hydrogen) atoms. The summed E-state index contributed by atoms with van der Waals surface area (Å²) in [7, 11) is 0. The number of benzene rings is 3. The van der Waals surface area contributed by atoms with Gasteiger partial charge in [-0.3, -0.25) is 0 Å². The van der Waals surface area contributed by atoms with Crippen LogP contribution in [-0.2, 0) is 4.74 Å². The van der Waals surface area contributed by atoms with Crippen LogP contribution in [0.3, 0.4) is 0 Å². The first kappa shape index (κ1) is 17.5. The second-order valence-corrected chi connectivity index (χ2v) is 7.23. The van der Waals surface area contributed by atoms with Gasteiger partial charge in [-0.05, 0) is 60.4 Å². The highest BCUT2D eigenvalue weighted by Crippen LogP contribution is 2.35. The van der Waals surface area contributed by atoms with Gasteiger partial charge in [0.15, 0.2) is 0 Å². The molecular weight excluding hydrogens is 332 g/mol. The lowest BCUT2D eigenvalue weighted by molar-refractivity contribution is 0.0195. The van der Waals surface area contributed by atoms with E-state index in [1.165, 1.54) is 16.7 Å². The van der Waals surface area contributed by atoms with Crippen LogP contribution in [0.1, 0.15) is 47.5 Å². The second-order valence-electron chi connectivity index (χ2n) is 7.23. The zero-order chi connectivity index (χ0) is 18.5. The van der Waals surface area contributed by atoms with Gasteiger partial charge in [-0.1, -0.05) is 72.8 Å². The number of hydrogen-bond donors (Lipinski definition) is 0. The summed E-state index contributed by atoms with van der Waals surface area (Å²) in [6.45, 7) is 0. The van der Waals surface area contributed by atoms with Crippen molar-refractivity contribution >= 4 is 5.97 Å². The molecule has 0 N–H and O–H groups in total. The van der Waals surface area contributed by atoms with Crippen LogP contribution < -0.4 is 0 Å². The molecule has 0 heterocycles. The molecule has 0 atom stereocenters. The Labute approximate surface area is 160 Å². The molecule has 1 aliphatic rings. The predicted molar refractivity (Wildman–Crippen MR) is 109 cm³/mol. The number of hydrogen-bond acceptors (Lipinski definition) is 2. The van der Waals surface area contributed by atoms with Crippen molar-refractivity contribution in [2.75, 3.05) is 0 Å². The number of carbonyl (C=O) groups excluding carboxylic acids is 1. The third-order valence-electron chi connectivity index (χ3n) is 5.45. The monoisotopic (exact) mass is 356 g/mol. The molecule has 1 fully saturated rings. The van der Waals surface area contributed by atoms with Crippen molar-refractivity contribution < 1.29 is 9.53 Å². The standard InChI is InChI=1S/C25H24O2/c26-25(23-9-5-2-6-10-23)27-24-17-15-22(16-18-24)21-13-11-20(12-14-21)19-7-3-1-4-8-19/h1-14,22,24H,15-18H2. The van der Waals surface area contributed by atoms with E-state index in [9.17, 15) is 4.79 Å². The van der Waals surface area contributed by atoms with E-state index in [0.717, 1.165) is 25.7 Å². The van der Waals surface area contributed by atoms with Crippen molar-refractivity contribution in [3.8, 4) is 11.1 Å². The fraction of sp³-hybridized carbons (Fsp3) is 0.240. The topological polar surface area (TPSA) is 26.3 Å². The number of rotatable bonds is 4. The largest absolute Gasteiger partial charge is 0.459 e. The van der Waals surface area contributed by atoms with Crippen LogP contribution in [0, 0.1) is 0 Å². The van der Waals surface area contributed by atoms with Crippen molar-refractivity contribution in [1.29, 1.82) is 0 Å². The molecule has 4 rings (SSSR count). The summed E-state index contributed by atoms with van der Waals surface area (Å²) in [6, 6.07) is 28.7. The summed E-state index contributed by atoms with van der Waals surface area (Å²) in [5, 5.41) is 0. The van der Waals surface area contributed by atoms with Crippen molar-refractivity contribution in [2.45, 2.75) is 37.7 Å². The van der Waals surface area contributed by atoms with Crippen LogP contribution >= 0.6 is 0 Å². The summed E-state index contributed by atoms with van der Waals surface area (Å²) >= 11 is 0. The van der Waals surface area contributed by atoms with Gasteiger partial charge in [0, 0.05) is 0 Å². The lowest BCUT2D eigenvalue weighted by Gasteiger charge is -2.28. The Morgan fingerprint density at radius 3 is 1.85 bits per heavy atom. The van der Waals surface area contributed by atoms with E-state index in [-0.39, 0.29) is 12.1 Å². The smallest absolute Gasteiger partial charge is 0.338 e. The fourth-order valence-corrected chi connectivity index (χ4v) is 3.89. The van der Waals surface area contributed by atoms with E-state index < -0.39 is 0 Å². The summed E-state index contributed by atoms with van der Waals surface area (Å²) in [5.74, 6) is 0.354. The number of ether oxygens (including phenoxy) is 1. The average molecular weight is 356 g/mol. The van der Waals surface area contributed by atoms with Gasteiger partial charge in [-0.2, -0.15) is 0 Å². The second kappa shape index (κ2) is 8.22. The fourth-order valence-electron chi connectivity index (χ4n) is 3.89. The van der Waals surface area contributed by atoms with E-state index in [1.807, 2.05) is 36.4 Å². The van der Waals surface area contributed by atoms with Gasteiger partial charge in [-0.25, -0.2) is 4.79 Å². The Hall–Kier alpha value is -2.87. The Morgan fingerprint density at radius 1 is 0.667 bits per heavy atom. The molecule has 1 aliphatic carbocycles. The third kappa shape index (κ3) is 4.28. The minimum Gasteiger partial charge on any atom is -0.459 e. The van der Waals surface area contributed by atoms with Crippen molar-refractivity contribution in [1.82, 2.24) is 0 Å². The van der Waals surface area contributed by atoms with Crippen molar-refractivity contribution in [3.63, 3.8) is 0 Å². The van der Waals surface area contributed by atoms with Crippen LogP contribution in [0.15, 0.2) is 84.9 Å². The first-order valence-electron chi connectivity index (χ1n) is 9.71. The summed E-state index contributed by atoms with van der Waals surface area (Å²) in [4.78, 5) is 12.2. The Balaban J connectivity index is 1.33. The molecule has 136 valence electrons. The van der Waals surface area contributed by atoms with E-state index in [1.54, 1.807) is 0 Å². The predicted octanol–water partition coefficient (Wildman–Crippen LogP) is 6.24. The highest BCUT2D eigenvalue weighted by Gasteiger charge is 2.25. The van der Waals surface area contributed by atoms with Crippen molar-refractivity contribution in [3.05, 3.63) is 96.1 Å². The molecule has 0 spiro atoms. The van der Waals surface area contributed by atoms with Crippen LogP contribution in [0.2, 0.25) is 0 Å². The van der Waals surface area contributed by atoms with Gasteiger partial charge >= 0.3 is 5.97 Å². The normalized spacial score (nSPS) is 19.4. The van der Waals surface area contributed by atoms with Gasteiger partial charge in [-0.15, -0.1) is 0 Å². The molecular formula is C25H24O2. The number of carbonyl (C=O) groups is 1. The molecule has 0 bridgehead atoms. The van der Waals surface area contributed by atoms with Crippen LogP contribution in [-0.4, -0.2) is 12.1 Å². The molecule has 0 radical (unpaired) electrons. The first-order valence-corrected chi connectivity index (χ1v) is 9.71. The zero-order valence-electron chi connectivity index (χ0n) is 15.4. The van der Waals surface area contributed by atoms with Gasteiger partial charge < -0.3 is 4.74 Å². The van der Waals surface area contributed by atoms with Crippen LogP contribution in [0.5, 0.6) is 0 Å². The molecule has 3 aromatic carbocycles. The molecule has 0 aromatic heterocycles. The molecule has 2 nitrogen and oxygen atoms in total. The maximum Gasteiger partial charge on any atom is 0.338 e. The SMILES string of the molecule is O=C(OC1CCC(c2ccc(-c3ccccc3)cc2)CC1)c1ccccc1. The summed E-state index contributed by atoms with van der Waals surface area (Å²) in [5.41, 5.74) is 4.53. The van der Waals surface area contributed by atoms with Crippen molar-refractivity contribution in [2.24, 2.45) is 0 Å². The molecule has 0 unspecified atom stereocenters. The van der Waals surface area contributed by atoms with E-state index in [0.29, 0.717) is 11.5 Å². The van der Waals surface area contributed by atoms with Crippen LogP contribution in [0.25, 0.3) is 11.1 Å². The first-order chi connectivity index (χ1) is 13.3. The van der Waals surface area contributed by atoms with E-state index >= 15 is 0 Å². The highest BCUT2D eigenvalue weighted by molar-refractivity contribution is 5.89. The van der Waals surface area contributed by atoms with Gasteiger partial charge in [0.25, 0.3) is 0 Å². The Kier molecular flexibility index (Phi) is 5.34. The Morgan fingerprint density at radius 2 is 1.22 bits per heavy atom. The van der Waals surface area contributed by atoms with Crippen LogP contribution in [0.4, 0.5) is 0 Å².